The number of nitrogens with one attached hydrogen (secondary N) is 1. The zero-order chi connectivity index (χ0) is 23.9. The first-order valence-corrected chi connectivity index (χ1v) is 12.3. The predicted molar refractivity (Wildman–Crippen MR) is 129 cm³/mol. The molecular weight excluding hydrogens is 433 g/mol. The second-order valence-electron chi connectivity index (χ2n) is 9.43. The number of aryl methyl sites for hydroxylation is 2. The van der Waals surface area contributed by atoms with E-state index in [4.69, 9.17) is 9.72 Å². The SMILES string of the molecule is COC(=O)CC(CC1CCN(C(=O)CCc2ccc3c(n2)NCCC3)CC1)c1ccc(F)cc1. The number of piperidine rings is 1. The van der Waals surface area contributed by atoms with Crippen molar-refractivity contribution in [2.24, 2.45) is 5.92 Å². The van der Waals surface area contributed by atoms with E-state index < -0.39 is 0 Å². The number of aromatic nitrogens is 1. The van der Waals surface area contributed by atoms with Gasteiger partial charge in [0, 0.05) is 31.7 Å². The van der Waals surface area contributed by atoms with Crippen LogP contribution in [0.15, 0.2) is 36.4 Å². The van der Waals surface area contributed by atoms with Crippen LogP contribution in [0, 0.1) is 11.7 Å². The third-order valence-corrected chi connectivity index (χ3v) is 7.11. The highest BCUT2D eigenvalue weighted by atomic mass is 19.1. The van der Waals surface area contributed by atoms with E-state index in [1.165, 1.54) is 24.8 Å². The summed E-state index contributed by atoms with van der Waals surface area (Å²) in [6.45, 7) is 2.42. The lowest BCUT2D eigenvalue weighted by Crippen LogP contribution is -2.39. The van der Waals surface area contributed by atoms with Crippen LogP contribution in [0.4, 0.5) is 10.2 Å². The fraction of sp³-hybridized carbons (Fsp3) is 0.519. The Morgan fingerprint density at radius 1 is 1.18 bits per heavy atom. The molecule has 1 aromatic carbocycles. The van der Waals surface area contributed by atoms with Crippen LogP contribution in [-0.2, 0) is 27.2 Å². The largest absolute Gasteiger partial charge is 0.469 e. The third-order valence-electron chi connectivity index (χ3n) is 7.11. The predicted octanol–water partition coefficient (Wildman–Crippen LogP) is 4.49. The lowest BCUT2D eigenvalue weighted by atomic mass is 9.82. The molecule has 0 saturated carbocycles. The van der Waals surface area contributed by atoms with Gasteiger partial charge in [-0.3, -0.25) is 9.59 Å². The first-order valence-electron chi connectivity index (χ1n) is 12.3. The van der Waals surface area contributed by atoms with Crippen molar-refractivity contribution in [1.29, 1.82) is 0 Å². The van der Waals surface area contributed by atoms with E-state index in [1.54, 1.807) is 12.1 Å². The van der Waals surface area contributed by atoms with Crippen LogP contribution >= 0.6 is 0 Å². The van der Waals surface area contributed by atoms with Gasteiger partial charge in [0.05, 0.1) is 13.5 Å². The number of pyridine rings is 1. The van der Waals surface area contributed by atoms with Crippen molar-refractivity contribution >= 4 is 17.7 Å². The molecule has 0 bridgehead atoms. The first kappa shape index (κ1) is 24.2. The molecule has 2 aromatic rings. The van der Waals surface area contributed by atoms with Crippen LogP contribution in [0.25, 0.3) is 0 Å². The van der Waals surface area contributed by atoms with Gasteiger partial charge in [-0.1, -0.05) is 18.2 Å². The van der Waals surface area contributed by atoms with Crippen molar-refractivity contribution < 1.29 is 18.7 Å². The molecule has 2 aliphatic heterocycles. The molecule has 1 aromatic heterocycles. The number of benzene rings is 1. The van der Waals surface area contributed by atoms with Crippen LogP contribution in [0.5, 0.6) is 0 Å². The molecule has 0 radical (unpaired) electrons. The van der Waals surface area contributed by atoms with Gasteiger partial charge >= 0.3 is 5.97 Å². The van der Waals surface area contributed by atoms with Crippen molar-refractivity contribution in [1.82, 2.24) is 9.88 Å². The van der Waals surface area contributed by atoms with Crippen molar-refractivity contribution in [3.63, 3.8) is 0 Å². The van der Waals surface area contributed by atoms with Gasteiger partial charge in [0.1, 0.15) is 11.6 Å². The van der Waals surface area contributed by atoms with Crippen LogP contribution in [0.1, 0.15) is 61.3 Å². The van der Waals surface area contributed by atoms with Crippen molar-refractivity contribution in [3.05, 3.63) is 59.0 Å². The van der Waals surface area contributed by atoms with Crippen molar-refractivity contribution in [3.8, 4) is 0 Å². The van der Waals surface area contributed by atoms with E-state index in [1.807, 2.05) is 11.0 Å². The Morgan fingerprint density at radius 2 is 1.94 bits per heavy atom. The third kappa shape index (κ3) is 6.33. The van der Waals surface area contributed by atoms with Gasteiger partial charge in [-0.05, 0) is 79.7 Å². The molecule has 182 valence electrons. The average molecular weight is 468 g/mol. The summed E-state index contributed by atoms with van der Waals surface area (Å²) in [7, 11) is 1.39. The van der Waals surface area contributed by atoms with E-state index in [2.05, 4.69) is 11.4 Å². The van der Waals surface area contributed by atoms with E-state index >= 15 is 0 Å². The molecule has 1 unspecified atom stereocenters. The van der Waals surface area contributed by atoms with Crippen LogP contribution in [0.2, 0.25) is 0 Å². The van der Waals surface area contributed by atoms with Gasteiger partial charge < -0.3 is 15.0 Å². The summed E-state index contributed by atoms with van der Waals surface area (Å²) in [5, 5.41) is 3.35. The fourth-order valence-electron chi connectivity index (χ4n) is 5.08. The zero-order valence-electron chi connectivity index (χ0n) is 19.9. The molecule has 3 heterocycles. The molecule has 1 amide bonds. The summed E-state index contributed by atoms with van der Waals surface area (Å²) >= 11 is 0. The molecule has 1 N–H and O–H groups in total. The highest BCUT2D eigenvalue weighted by Crippen LogP contribution is 2.33. The molecule has 0 aliphatic carbocycles. The minimum absolute atomic E-state index is 0.0102. The number of fused-ring (bicyclic) bond motifs is 1. The Hall–Kier alpha value is -2.96. The highest BCUT2D eigenvalue weighted by Gasteiger charge is 2.27. The number of hydrogen-bond donors (Lipinski definition) is 1. The van der Waals surface area contributed by atoms with E-state index in [0.29, 0.717) is 18.8 Å². The van der Waals surface area contributed by atoms with Gasteiger partial charge in [-0.25, -0.2) is 9.37 Å². The summed E-state index contributed by atoms with van der Waals surface area (Å²) in [6.07, 6.45) is 6.24. The molecule has 2 aliphatic rings. The topological polar surface area (TPSA) is 71.5 Å². The second kappa shape index (κ2) is 11.4. The average Bonchev–Trinajstić information content (AvgIpc) is 2.87. The quantitative estimate of drug-likeness (QED) is 0.580. The number of esters is 1. The molecule has 7 heteroatoms. The number of carbonyl (C=O) groups excluding carboxylic acids is 2. The Kier molecular flexibility index (Phi) is 8.14. The number of methoxy groups -OCH3 is 1. The number of nitrogens with zero attached hydrogens (tertiary/aromatic N) is 2. The normalized spacial score (nSPS) is 16.9. The number of hydrogen-bond acceptors (Lipinski definition) is 5. The maximum Gasteiger partial charge on any atom is 0.306 e. The fourth-order valence-corrected chi connectivity index (χ4v) is 5.08. The van der Waals surface area contributed by atoms with Crippen molar-refractivity contribution in [2.75, 3.05) is 32.1 Å². The van der Waals surface area contributed by atoms with Crippen LogP contribution in [-0.4, -0.2) is 48.5 Å². The smallest absolute Gasteiger partial charge is 0.306 e. The van der Waals surface area contributed by atoms with Gasteiger partial charge in [-0.2, -0.15) is 0 Å². The monoisotopic (exact) mass is 467 g/mol. The number of anilines is 1. The lowest BCUT2D eigenvalue weighted by molar-refractivity contribution is -0.141. The zero-order valence-corrected chi connectivity index (χ0v) is 19.9. The number of carbonyl (C=O) groups is 2. The first-order chi connectivity index (χ1) is 16.5. The molecule has 0 spiro atoms. The summed E-state index contributed by atoms with van der Waals surface area (Å²) in [6, 6.07) is 10.6. The summed E-state index contributed by atoms with van der Waals surface area (Å²) in [5.74, 6) is 1.01. The summed E-state index contributed by atoms with van der Waals surface area (Å²) in [4.78, 5) is 31.4. The maximum atomic E-state index is 13.4. The summed E-state index contributed by atoms with van der Waals surface area (Å²) < 4.78 is 18.2. The number of halogens is 1. The van der Waals surface area contributed by atoms with Gasteiger partial charge in [0.15, 0.2) is 0 Å². The highest BCUT2D eigenvalue weighted by molar-refractivity contribution is 5.76. The van der Waals surface area contributed by atoms with Gasteiger partial charge in [0.25, 0.3) is 0 Å². The maximum absolute atomic E-state index is 13.4. The summed E-state index contributed by atoms with van der Waals surface area (Å²) in [5.41, 5.74) is 3.17. The standard InChI is InChI=1S/C27H34FN3O3/c1-34-26(33)18-22(20-4-7-23(28)8-5-20)17-19-12-15-31(16-13-19)25(32)11-10-24-9-6-21-3-2-14-29-27(21)30-24/h4-9,19,22H,2-3,10-18H2,1H3,(H,29,30). The van der Waals surface area contributed by atoms with Crippen LogP contribution < -0.4 is 5.32 Å². The molecule has 1 atom stereocenters. The molecule has 6 nitrogen and oxygen atoms in total. The Labute approximate surface area is 200 Å². The van der Waals surface area contributed by atoms with Gasteiger partial charge in [-0.15, -0.1) is 0 Å². The molecule has 4 rings (SSSR count). The van der Waals surface area contributed by atoms with Crippen LogP contribution in [0.3, 0.4) is 0 Å². The molecule has 34 heavy (non-hydrogen) atoms. The minimum atomic E-state index is -0.283. The number of amides is 1. The number of rotatable bonds is 8. The minimum Gasteiger partial charge on any atom is -0.469 e. The number of ether oxygens (including phenoxy) is 1. The van der Waals surface area contributed by atoms with E-state index in [0.717, 1.165) is 68.8 Å². The number of likely N-dealkylation sites (tertiary alicyclic amines) is 1. The van der Waals surface area contributed by atoms with E-state index in [9.17, 15) is 14.0 Å². The Morgan fingerprint density at radius 3 is 2.68 bits per heavy atom. The van der Waals surface area contributed by atoms with E-state index in [-0.39, 0.29) is 30.0 Å². The van der Waals surface area contributed by atoms with Crippen molar-refractivity contribution in [2.45, 2.75) is 57.3 Å². The Balaban J connectivity index is 1.27. The molecule has 1 saturated heterocycles. The lowest BCUT2D eigenvalue weighted by Gasteiger charge is -2.34. The molecule has 1 fully saturated rings. The van der Waals surface area contributed by atoms with Gasteiger partial charge in [0.2, 0.25) is 5.91 Å². The second-order valence-corrected chi connectivity index (χ2v) is 9.43. The molecular formula is C27H34FN3O3. The Bertz CT molecular complexity index is 987.